The molecule has 5 nitrogen and oxygen atoms in total. The molecule has 0 spiro atoms. The molecule has 1 amide bonds. The first kappa shape index (κ1) is 19.8. The molecule has 5 heteroatoms. The van der Waals surface area contributed by atoms with Gasteiger partial charge in [-0.2, -0.15) is 0 Å². The lowest BCUT2D eigenvalue weighted by molar-refractivity contribution is -0.122. The molecule has 0 aromatic heterocycles. The molecular formula is C21H28N2O3. The van der Waals surface area contributed by atoms with Crippen molar-refractivity contribution in [1.82, 2.24) is 10.2 Å². The van der Waals surface area contributed by atoms with Gasteiger partial charge in [-0.1, -0.05) is 42.5 Å². The Hall–Kier alpha value is -2.53. The van der Waals surface area contributed by atoms with Gasteiger partial charge in [0.05, 0.1) is 20.3 Å². The van der Waals surface area contributed by atoms with Gasteiger partial charge in [0, 0.05) is 25.1 Å². The highest BCUT2D eigenvalue weighted by molar-refractivity contribution is 5.76. The first-order chi connectivity index (χ1) is 12.5. The Kier molecular flexibility index (Phi) is 7.48. The number of nitrogens with one attached hydrogen (secondary N) is 1. The lowest BCUT2D eigenvalue weighted by Gasteiger charge is -2.20. The molecule has 1 atom stereocenters. The van der Waals surface area contributed by atoms with Crippen LogP contribution in [0.3, 0.4) is 0 Å². The Balaban J connectivity index is 1.85. The molecule has 0 heterocycles. The highest BCUT2D eigenvalue weighted by Gasteiger charge is 2.13. The summed E-state index contributed by atoms with van der Waals surface area (Å²) < 4.78 is 10.8. The molecule has 0 aliphatic heterocycles. The van der Waals surface area contributed by atoms with E-state index in [1.165, 1.54) is 0 Å². The molecule has 2 aromatic carbocycles. The second kappa shape index (κ2) is 9.82. The maximum atomic E-state index is 12.2. The van der Waals surface area contributed by atoms with Crippen LogP contribution in [0.4, 0.5) is 0 Å². The van der Waals surface area contributed by atoms with Crippen molar-refractivity contribution in [3.8, 4) is 11.5 Å². The number of carbonyl (C=O) groups excluding carboxylic acids is 1. The second-order valence-electron chi connectivity index (χ2n) is 6.34. The van der Waals surface area contributed by atoms with Gasteiger partial charge < -0.3 is 19.7 Å². The maximum absolute atomic E-state index is 12.2. The number of methoxy groups -OCH3 is 2. The standard InChI is InChI=1S/C21H28N2O3/c1-16(17-9-6-5-7-10-17)22-20(24)13-14-23(2)15-18-11-8-12-19(25-3)21(18)26-4/h5-12,16H,13-15H2,1-4H3,(H,22,24). The van der Waals surface area contributed by atoms with E-state index in [0.717, 1.165) is 16.9 Å². The molecule has 26 heavy (non-hydrogen) atoms. The Morgan fingerprint density at radius 3 is 2.46 bits per heavy atom. The fourth-order valence-corrected chi connectivity index (χ4v) is 2.88. The van der Waals surface area contributed by atoms with Gasteiger partial charge in [-0.25, -0.2) is 0 Å². The number of carbonyl (C=O) groups is 1. The van der Waals surface area contributed by atoms with Gasteiger partial charge in [0.2, 0.25) is 5.91 Å². The second-order valence-corrected chi connectivity index (χ2v) is 6.34. The predicted octanol–water partition coefficient (Wildman–Crippen LogP) is 3.40. The average molecular weight is 356 g/mol. The molecule has 0 saturated carbocycles. The quantitative estimate of drug-likeness (QED) is 0.748. The zero-order chi connectivity index (χ0) is 18.9. The van der Waals surface area contributed by atoms with E-state index < -0.39 is 0 Å². The Morgan fingerprint density at radius 1 is 1.08 bits per heavy atom. The number of hydrogen-bond donors (Lipinski definition) is 1. The average Bonchev–Trinajstić information content (AvgIpc) is 2.66. The lowest BCUT2D eigenvalue weighted by Crippen LogP contribution is -2.30. The molecule has 0 aliphatic carbocycles. The van der Waals surface area contributed by atoms with Crippen molar-refractivity contribution in [3.05, 3.63) is 59.7 Å². The van der Waals surface area contributed by atoms with E-state index in [4.69, 9.17) is 9.47 Å². The largest absolute Gasteiger partial charge is 0.493 e. The van der Waals surface area contributed by atoms with Crippen LogP contribution in [0.25, 0.3) is 0 Å². The van der Waals surface area contributed by atoms with Gasteiger partial charge >= 0.3 is 0 Å². The minimum atomic E-state index is 0.00693. The molecule has 1 unspecified atom stereocenters. The summed E-state index contributed by atoms with van der Waals surface area (Å²) in [5.41, 5.74) is 2.14. The van der Waals surface area contributed by atoms with E-state index in [9.17, 15) is 4.79 Å². The molecule has 2 rings (SSSR count). The number of amides is 1. The summed E-state index contributed by atoms with van der Waals surface area (Å²) in [5, 5.41) is 3.05. The first-order valence-corrected chi connectivity index (χ1v) is 8.78. The van der Waals surface area contributed by atoms with Crippen LogP contribution in [-0.4, -0.2) is 38.6 Å². The van der Waals surface area contributed by atoms with Crippen molar-refractivity contribution in [2.24, 2.45) is 0 Å². The van der Waals surface area contributed by atoms with Crippen molar-refractivity contribution in [1.29, 1.82) is 0 Å². The third-order valence-corrected chi connectivity index (χ3v) is 4.32. The van der Waals surface area contributed by atoms with E-state index in [0.29, 0.717) is 25.3 Å². The summed E-state index contributed by atoms with van der Waals surface area (Å²) in [6.45, 7) is 3.34. The smallest absolute Gasteiger partial charge is 0.221 e. The van der Waals surface area contributed by atoms with Crippen molar-refractivity contribution in [2.75, 3.05) is 27.8 Å². The van der Waals surface area contributed by atoms with Gasteiger partial charge in [-0.05, 0) is 25.6 Å². The summed E-state index contributed by atoms with van der Waals surface area (Å²) >= 11 is 0. The molecule has 0 fully saturated rings. The molecule has 2 aromatic rings. The van der Waals surface area contributed by atoms with Gasteiger partial charge in [-0.3, -0.25) is 4.79 Å². The number of nitrogens with zero attached hydrogens (tertiary/aromatic N) is 1. The normalized spacial score (nSPS) is 11.9. The van der Waals surface area contributed by atoms with Crippen molar-refractivity contribution < 1.29 is 14.3 Å². The highest BCUT2D eigenvalue weighted by Crippen LogP contribution is 2.31. The van der Waals surface area contributed by atoms with Crippen LogP contribution in [0.5, 0.6) is 11.5 Å². The fraction of sp³-hybridized carbons (Fsp3) is 0.381. The maximum Gasteiger partial charge on any atom is 0.221 e. The van der Waals surface area contributed by atoms with Crippen LogP contribution < -0.4 is 14.8 Å². The van der Waals surface area contributed by atoms with Crippen LogP contribution in [-0.2, 0) is 11.3 Å². The molecule has 0 saturated heterocycles. The van der Waals surface area contributed by atoms with Crippen LogP contribution in [0.15, 0.2) is 48.5 Å². The summed E-state index contributed by atoms with van der Waals surface area (Å²) in [6.07, 6.45) is 0.444. The highest BCUT2D eigenvalue weighted by atomic mass is 16.5. The van der Waals surface area contributed by atoms with E-state index in [2.05, 4.69) is 10.2 Å². The zero-order valence-electron chi connectivity index (χ0n) is 16.0. The summed E-state index contributed by atoms with van der Waals surface area (Å²) in [6, 6.07) is 15.8. The number of rotatable bonds is 9. The Labute approximate surface area is 155 Å². The lowest BCUT2D eigenvalue weighted by atomic mass is 10.1. The molecule has 0 aliphatic rings. The summed E-state index contributed by atoms with van der Waals surface area (Å²) in [5.74, 6) is 1.50. The molecular weight excluding hydrogens is 328 g/mol. The Bertz CT molecular complexity index is 704. The Morgan fingerprint density at radius 2 is 1.81 bits per heavy atom. The number of para-hydroxylation sites is 1. The topological polar surface area (TPSA) is 50.8 Å². The van der Waals surface area contributed by atoms with Gasteiger partial charge in [0.25, 0.3) is 0 Å². The predicted molar refractivity (Wildman–Crippen MR) is 103 cm³/mol. The van der Waals surface area contributed by atoms with E-state index in [1.54, 1.807) is 14.2 Å². The zero-order valence-corrected chi connectivity index (χ0v) is 16.0. The van der Waals surface area contributed by atoms with Gasteiger partial charge in [0.1, 0.15) is 0 Å². The van der Waals surface area contributed by atoms with Crippen LogP contribution in [0.1, 0.15) is 30.5 Å². The van der Waals surface area contributed by atoms with Crippen LogP contribution in [0.2, 0.25) is 0 Å². The minimum absolute atomic E-state index is 0.00693. The third-order valence-electron chi connectivity index (χ3n) is 4.32. The van der Waals surface area contributed by atoms with Crippen LogP contribution >= 0.6 is 0 Å². The minimum Gasteiger partial charge on any atom is -0.493 e. The third kappa shape index (κ3) is 5.49. The van der Waals surface area contributed by atoms with Crippen molar-refractivity contribution in [2.45, 2.75) is 25.9 Å². The van der Waals surface area contributed by atoms with E-state index in [1.807, 2.05) is 62.5 Å². The SMILES string of the molecule is COc1cccc(CN(C)CCC(=O)NC(C)c2ccccc2)c1OC. The van der Waals surface area contributed by atoms with Gasteiger partial charge in [0.15, 0.2) is 11.5 Å². The van der Waals surface area contributed by atoms with Gasteiger partial charge in [-0.15, -0.1) is 0 Å². The van der Waals surface area contributed by atoms with Crippen molar-refractivity contribution >= 4 is 5.91 Å². The fourth-order valence-electron chi connectivity index (χ4n) is 2.88. The number of hydrogen-bond acceptors (Lipinski definition) is 4. The molecule has 1 N–H and O–H groups in total. The number of ether oxygens (including phenoxy) is 2. The summed E-state index contributed by atoms with van der Waals surface area (Å²) in [4.78, 5) is 14.3. The van der Waals surface area contributed by atoms with E-state index in [-0.39, 0.29) is 11.9 Å². The molecule has 0 bridgehead atoms. The molecule has 0 radical (unpaired) electrons. The number of benzene rings is 2. The van der Waals surface area contributed by atoms with E-state index >= 15 is 0 Å². The van der Waals surface area contributed by atoms with Crippen molar-refractivity contribution in [3.63, 3.8) is 0 Å². The summed E-state index contributed by atoms with van der Waals surface area (Å²) in [7, 11) is 5.26. The monoisotopic (exact) mass is 356 g/mol. The first-order valence-electron chi connectivity index (χ1n) is 8.78. The molecule has 140 valence electrons. The van der Waals surface area contributed by atoms with Crippen LogP contribution in [0, 0.1) is 0 Å².